The number of aliphatic imine (C=N–C) groups is 1. The van der Waals surface area contributed by atoms with E-state index in [0.717, 1.165) is 61.8 Å². The van der Waals surface area contributed by atoms with Gasteiger partial charge in [-0.1, -0.05) is 29.8 Å². The van der Waals surface area contributed by atoms with E-state index in [-0.39, 0.29) is 5.96 Å². The van der Waals surface area contributed by atoms with Crippen LogP contribution in [0.5, 0.6) is 17.2 Å². The first-order chi connectivity index (χ1) is 19.3. The molecule has 10 nitrogen and oxygen atoms in total. The number of carbonyl (C=O) groups excluding carboxylic acids is 1. The number of piperazine rings is 1. The van der Waals surface area contributed by atoms with Gasteiger partial charge in [-0.15, -0.1) is 0 Å². The van der Waals surface area contributed by atoms with Gasteiger partial charge >= 0.3 is 0 Å². The number of methoxy groups -OCH3 is 3. The number of rotatable bonds is 10. The average molecular weight is 547 g/mol. The molecule has 3 aromatic carbocycles. The summed E-state index contributed by atoms with van der Waals surface area (Å²) >= 11 is 0. The first-order valence-electron chi connectivity index (χ1n) is 13.1. The van der Waals surface area contributed by atoms with Crippen molar-refractivity contribution in [3.8, 4) is 17.2 Å². The number of benzene rings is 3. The second-order valence-electron chi connectivity index (χ2n) is 9.75. The zero-order valence-electron chi connectivity index (χ0n) is 23.6. The van der Waals surface area contributed by atoms with Crippen LogP contribution in [0.2, 0.25) is 0 Å². The Balaban J connectivity index is 1.46. The van der Waals surface area contributed by atoms with Gasteiger partial charge in [-0.05, 0) is 42.8 Å². The third kappa shape index (κ3) is 7.02. The molecular weight excluding hydrogens is 508 g/mol. The zero-order chi connectivity index (χ0) is 28.6. The molecule has 0 saturated carbocycles. The largest absolute Gasteiger partial charge is 0.493 e. The molecule has 0 radical (unpaired) electrons. The van der Waals surface area contributed by atoms with Gasteiger partial charge in [0.1, 0.15) is 0 Å². The summed E-state index contributed by atoms with van der Waals surface area (Å²) in [4.78, 5) is 21.0. The number of guanidine groups is 1. The van der Waals surface area contributed by atoms with E-state index in [1.54, 1.807) is 27.4 Å². The third-order valence-corrected chi connectivity index (χ3v) is 6.96. The van der Waals surface area contributed by atoms with Crippen molar-refractivity contribution in [2.24, 2.45) is 16.5 Å². The fourth-order valence-corrected chi connectivity index (χ4v) is 4.81. The summed E-state index contributed by atoms with van der Waals surface area (Å²) in [5, 5.41) is 3.48. The highest BCUT2D eigenvalue weighted by atomic mass is 16.5. The predicted octanol–water partition coefficient (Wildman–Crippen LogP) is 3.50. The monoisotopic (exact) mass is 546 g/mol. The molecule has 1 aliphatic rings. The Morgan fingerprint density at radius 2 is 1.43 bits per heavy atom. The number of ether oxygens (including phenoxy) is 3. The van der Waals surface area contributed by atoms with E-state index in [2.05, 4.69) is 20.1 Å². The first-order valence-corrected chi connectivity index (χ1v) is 13.1. The number of aryl methyl sites for hydroxylation is 1. The Morgan fingerprint density at radius 1 is 0.825 bits per heavy atom. The minimum atomic E-state index is -0.474. The molecule has 5 N–H and O–H groups in total. The van der Waals surface area contributed by atoms with Crippen LogP contribution >= 0.6 is 0 Å². The second kappa shape index (κ2) is 13.2. The maximum Gasteiger partial charge on any atom is 0.280 e. The quantitative estimate of drug-likeness (QED) is 0.259. The lowest BCUT2D eigenvalue weighted by Gasteiger charge is -2.35. The summed E-state index contributed by atoms with van der Waals surface area (Å²) in [6, 6.07) is 17.6. The van der Waals surface area contributed by atoms with Gasteiger partial charge in [-0.25, -0.2) is 0 Å². The number of amides is 1. The molecule has 4 rings (SSSR count). The van der Waals surface area contributed by atoms with Crippen LogP contribution in [0.3, 0.4) is 0 Å². The predicted molar refractivity (Wildman–Crippen MR) is 158 cm³/mol. The molecular formula is C30H38N6O4. The van der Waals surface area contributed by atoms with E-state index in [1.807, 2.05) is 55.5 Å². The van der Waals surface area contributed by atoms with Crippen molar-refractivity contribution in [3.63, 3.8) is 0 Å². The lowest BCUT2D eigenvalue weighted by molar-refractivity contribution is 0.100. The first kappa shape index (κ1) is 28.7. The molecule has 0 aliphatic carbocycles. The fraction of sp³-hybridized carbons (Fsp3) is 0.333. The molecule has 1 saturated heterocycles. The minimum absolute atomic E-state index is 0.259. The maximum absolute atomic E-state index is 12.5. The van der Waals surface area contributed by atoms with Gasteiger partial charge in [0.2, 0.25) is 5.75 Å². The number of anilines is 2. The summed E-state index contributed by atoms with van der Waals surface area (Å²) in [6.07, 6.45) is 0. The molecule has 1 fully saturated rings. The van der Waals surface area contributed by atoms with Crippen molar-refractivity contribution in [3.05, 3.63) is 76.9 Å². The van der Waals surface area contributed by atoms with E-state index < -0.39 is 5.91 Å². The molecule has 212 valence electrons. The standard InChI is InChI=1S/C30H38N6O4/c1-20-5-10-24(11-6-20)33-25-17-21(29(37)34-30(31)32)7-8-22(25)18-35-13-15-36(16-14-35)19-23-9-12-26(38-2)28(40-4)27(23)39-3/h5-12,17,33H,13-16,18-19H2,1-4H3,(H4,31,32,34,37). The van der Waals surface area contributed by atoms with E-state index in [4.69, 9.17) is 25.7 Å². The molecule has 40 heavy (non-hydrogen) atoms. The minimum Gasteiger partial charge on any atom is -0.493 e. The van der Waals surface area contributed by atoms with Crippen LogP contribution in [0.1, 0.15) is 27.0 Å². The Kier molecular flexibility index (Phi) is 9.47. The molecule has 1 heterocycles. The van der Waals surface area contributed by atoms with Gasteiger partial charge in [0, 0.05) is 61.8 Å². The summed E-state index contributed by atoms with van der Waals surface area (Å²) in [5.74, 6) is 1.22. The normalized spacial score (nSPS) is 13.9. The van der Waals surface area contributed by atoms with Crippen LogP contribution in [0.15, 0.2) is 59.6 Å². The Labute approximate surface area is 235 Å². The van der Waals surface area contributed by atoms with E-state index in [1.165, 1.54) is 5.56 Å². The van der Waals surface area contributed by atoms with Crippen LogP contribution in [0.4, 0.5) is 11.4 Å². The van der Waals surface area contributed by atoms with Crippen molar-refractivity contribution in [1.82, 2.24) is 9.80 Å². The zero-order valence-corrected chi connectivity index (χ0v) is 23.6. The van der Waals surface area contributed by atoms with E-state index in [0.29, 0.717) is 22.8 Å². The number of nitrogens with zero attached hydrogens (tertiary/aromatic N) is 3. The number of hydrogen-bond acceptors (Lipinski definition) is 7. The molecule has 0 unspecified atom stereocenters. The highest BCUT2D eigenvalue weighted by molar-refractivity contribution is 6.02. The Bertz CT molecular complexity index is 1350. The summed E-state index contributed by atoms with van der Waals surface area (Å²) in [7, 11) is 4.89. The van der Waals surface area contributed by atoms with Crippen molar-refractivity contribution in [2.45, 2.75) is 20.0 Å². The molecule has 10 heteroatoms. The summed E-state index contributed by atoms with van der Waals surface area (Å²) in [6.45, 7) is 7.13. The van der Waals surface area contributed by atoms with Gasteiger partial charge < -0.3 is 31.0 Å². The molecule has 1 amide bonds. The average Bonchev–Trinajstić information content (AvgIpc) is 2.95. The number of nitrogens with two attached hydrogens (primary N) is 2. The third-order valence-electron chi connectivity index (χ3n) is 6.96. The lowest BCUT2D eigenvalue weighted by atomic mass is 10.1. The molecule has 1 aliphatic heterocycles. The van der Waals surface area contributed by atoms with Crippen LogP contribution in [0, 0.1) is 6.92 Å². The Hall–Kier alpha value is -4.28. The van der Waals surface area contributed by atoms with Gasteiger partial charge in [-0.2, -0.15) is 4.99 Å². The van der Waals surface area contributed by atoms with Crippen LogP contribution in [-0.4, -0.2) is 69.2 Å². The molecule has 0 atom stereocenters. The molecule has 0 bridgehead atoms. The maximum atomic E-state index is 12.5. The number of nitrogens with one attached hydrogen (secondary N) is 1. The van der Waals surface area contributed by atoms with Gasteiger partial charge in [0.15, 0.2) is 17.5 Å². The van der Waals surface area contributed by atoms with Crippen molar-refractivity contribution >= 4 is 23.2 Å². The Morgan fingerprint density at radius 3 is 2.00 bits per heavy atom. The van der Waals surface area contributed by atoms with E-state index in [9.17, 15) is 4.79 Å². The van der Waals surface area contributed by atoms with Gasteiger partial charge in [0.05, 0.1) is 21.3 Å². The summed E-state index contributed by atoms with van der Waals surface area (Å²) in [5.41, 5.74) is 16.4. The smallest absolute Gasteiger partial charge is 0.280 e. The number of hydrogen-bond donors (Lipinski definition) is 3. The summed E-state index contributed by atoms with van der Waals surface area (Å²) < 4.78 is 16.6. The van der Waals surface area contributed by atoms with Crippen LogP contribution < -0.4 is 31.0 Å². The van der Waals surface area contributed by atoms with Crippen LogP contribution in [0.25, 0.3) is 0 Å². The second-order valence-corrected chi connectivity index (χ2v) is 9.75. The van der Waals surface area contributed by atoms with Crippen molar-refractivity contribution in [2.75, 3.05) is 52.8 Å². The highest BCUT2D eigenvalue weighted by Crippen LogP contribution is 2.40. The molecule has 3 aromatic rings. The highest BCUT2D eigenvalue weighted by Gasteiger charge is 2.22. The van der Waals surface area contributed by atoms with Crippen molar-refractivity contribution < 1.29 is 19.0 Å². The number of carbonyl (C=O) groups is 1. The van der Waals surface area contributed by atoms with Crippen molar-refractivity contribution in [1.29, 1.82) is 0 Å². The molecule has 0 spiro atoms. The molecule has 0 aromatic heterocycles. The van der Waals surface area contributed by atoms with E-state index >= 15 is 0 Å². The van der Waals surface area contributed by atoms with Gasteiger partial charge in [0.25, 0.3) is 5.91 Å². The SMILES string of the molecule is COc1ccc(CN2CCN(Cc3ccc(C(=O)N=C(N)N)cc3Nc3ccc(C)cc3)CC2)c(OC)c1OC. The topological polar surface area (TPSA) is 128 Å². The lowest BCUT2D eigenvalue weighted by Crippen LogP contribution is -2.45. The van der Waals surface area contributed by atoms with Gasteiger partial charge in [-0.3, -0.25) is 14.6 Å². The van der Waals surface area contributed by atoms with Crippen LogP contribution in [-0.2, 0) is 13.1 Å². The fourth-order valence-electron chi connectivity index (χ4n) is 4.81.